The molecule has 2 heterocycles. The van der Waals surface area contributed by atoms with Gasteiger partial charge in [0, 0.05) is 24.7 Å². The molecule has 1 amide bonds. The van der Waals surface area contributed by atoms with Crippen LogP contribution in [0.3, 0.4) is 0 Å². The van der Waals surface area contributed by atoms with Crippen molar-refractivity contribution < 1.29 is 9.90 Å². The highest BCUT2D eigenvalue weighted by atomic mass is 32.2. The maximum Gasteiger partial charge on any atom is 0.410 e. The number of hydrogen-bond acceptors (Lipinski definition) is 4. The average Bonchev–Trinajstić information content (AvgIpc) is 2.77. The SMILES string of the molecule is O=C(O)NC1=N[C@@H](Cn2ccnc2)CS1. The molecule has 0 saturated heterocycles. The van der Waals surface area contributed by atoms with Gasteiger partial charge in [0.25, 0.3) is 0 Å². The summed E-state index contributed by atoms with van der Waals surface area (Å²) in [6.45, 7) is 0.734. The van der Waals surface area contributed by atoms with Gasteiger partial charge in [-0.2, -0.15) is 0 Å². The molecule has 1 aromatic heterocycles. The Bertz CT molecular complexity index is 376. The lowest BCUT2D eigenvalue weighted by Gasteiger charge is -2.05. The number of amides is 1. The van der Waals surface area contributed by atoms with Crippen LogP contribution in [0.2, 0.25) is 0 Å². The number of carboxylic acid groups (broad SMARTS) is 1. The summed E-state index contributed by atoms with van der Waals surface area (Å²) in [6.07, 6.45) is 4.23. The van der Waals surface area contributed by atoms with Crippen molar-refractivity contribution in [1.82, 2.24) is 14.9 Å². The highest BCUT2D eigenvalue weighted by Crippen LogP contribution is 2.17. The normalized spacial score (nSPS) is 20.0. The summed E-state index contributed by atoms with van der Waals surface area (Å²) in [5.74, 6) is 0.799. The van der Waals surface area contributed by atoms with E-state index in [0.29, 0.717) is 5.17 Å². The fraction of sp³-hybridized carbons (Fsp3) is 0.375. The third-order valence-electron chi connectivity index (χ3n) is 1.91. The van der Waals surface area contributed by atoms with Gasteiger partial charge in [0.1, 0.15) is 0 Å². The highest BCUT2D eigenvalue weighted by molar-refractivity contribution is 8.14. The predicted octanol–water partition coefficient (Wildman–Crippen LogP) is 0.622. The van der Waals surface area contributed by atoms with Crippen molar-refractivity contribution in [3.8, 4) is 0 Å². The molecule has 0 fully saturated rings. The molecule has 0 radical (unpaired) electrons. The number of aliphatic imine (C=N–C) groups is 1. The zero-order chi connectivity index (χ0) is 10.7. The van der Waals surface area contributed by atoms with Gasteiger partial charge >= 0.3 is 6.09 Å². The molecule has 7 heteroatoms. The van der Waals surface area contributed by atoms with E-state index in [1.165, 1.54) is 11.8 Å². The van der Waals surface area contributed by atoms with Gasteiger partial charge in [0.15, 0.2) is 5.17 Å². The van der Waals surface area contributed by atoms with Crippen LogP contribution in [0.1, 0.15) is 0 Å². The van der Waals surface area contributed by atoms with Crippen LogP contribution in [0, 0.1) is 0 Å². The number of hydrogen-bond donors (Lipinski definition) is 2. The Morgan fingerprint density at radius 3 is 3.33 bits per heavy atom. The zero-order valence-electron chi connectivity index (χ0n) is 7.83. The molecule has 15 heavy (non-hydrogen) atoms. The van der Waals surface area contributed by atoms with Crippen molar-refractivity contribution in [3.05, 3.63) is 18.7 Å². The molecule has 0 saturated carbocycles. The highest BCUT2D eigenvalue weighted by Gasteiger charge is 2.19. The molecule has 0 unspecified atom stereocenters. The van der Waals surface area contributed by atoms with Gasteiger partial charge in [-0.25, -0.2) is 9.78 Å². The predicted molar refractivity (Wildman–Crippen MR) is 57.1 cm³/mol. The van der Waals surface area contributed by atoms with Gasteiger partial charge < -0.3 is 9.67 Å². The first-order chi connectivity index (χ1) is 7.24. The van der Waals surface area contributed by atoms with Crippen LogP contribution in [0.5, 0.6) is 0 Å². The van der Waals surface area contributed by atoms with E-state index in [9.17, 15) is 4.79 Å². The number of amidine groups is 1. The number of thioether (sulfide) groups is 1. The van der Waals surface area contributed by atoms with E-state index in [1.807, 2.05) is 10.8 Å². The minimum Gasteiger partial charge on any atom is -0.465 e. The van der Waals surface area contributed by atoms with Crippen LogP contribution in [0.25, 0.3) is 0 Å². The van der Waals surface area contributed by atoms with Crippen LogP contribution < -0.4 is 5.32 Å². The van der Waals surface area contributed by atoms with Gasteiger partial charge in [-0.3, -0.25) is 10.3 Å². The van der Waals surface area contributed by atoms with Gasteiger partial charge in [0.05, 0.1) is 12.4 Å². The molecule has 2 rings (SSSR count). The lowest BCUT2D eigenvalue weighted by molar-refractivity contribution is 0.200. The fourth-order valence-electron chi connectivity index (χ4n) is 1.31. The molecule has 1 atom stereocenters. The second kappa shape index (κ2) is 4.35. The summed E-state index contributed by atoms with van der Waals surface area (Å²) in [5.41, 5.74) is 0. The van der Waals surface area contributed by atoms with Crippen LogP contribution in [0.4, 0.5) is 4.79 Å². The van der Waals surface area contributed by atoms with E-state index in [-0.39, 0.29) is 6.04 Å². The van der Waals surface area contributed by atoms with Crippen molar-refractivity contribution in [2.24, 2.45) is 4.99 Å². The lowest BCUT2D eigenvalue weighted by atomic mass is 10.3. The summed E-state index contributed by atoms with van der Waals surface area (Å²) < 4.78 is 1.93. The van der Waals surface area contributed by atoms with E-state index in [0.717, 1.165) is 12.3 Å². The first kappa shape index (κ1) is 10.0. The van der Waals surface area contributed by atoms with Crippen molar-refractivity contribution in [2.75, 3.05) is 5.75 Å². The average molecular weight is 226 g/mol. The first-order valence-corrected chi connectivity index (χ1v) is 5.39. The third kappa shape index (κ3) is 2.72. The van der Waals surface area contributed by atoms with E-state index in [4.69, 9.17) is 5.11 Å². The monoisotopic (exact) mass is 226 g/mol. The Balaban J connectivity index is 1.91. The molecule has 1 aliphatic heterocycles. The summed E-state index contributed by atoms with van der Waals surface area (Å²) in [4.78, 5) is 18.5. The Labute approximate surface area is 90.4 Å². The number of carbonyl (C=O) groups is 1. The minimum absolute atomic E-state index is 0.117. The molecule has 2 N–H and O–H groups in total. The van der Waals surface area contributed by atoms with E-state index >= 15 is 0 Å². The molecular weight excluding hydrogens is 216 g/mol. The molecule has 80 valence electrons. The summed E-state index contributed by atoms with van der Waals surface area (Å²) in [5, 5.41) is 11.2. The van der Waals surface area contributed by atoms with E-state index in [2.05, 4.69) is 15.3 Å². The Morgan fingerprint density at radius 2 is 2.67 bits per heavy atom. The molecule has 0 aliphatic carbocycles. The van der Waals surface area contributed by atoms with Gasteiger partial charge in [-0.15, -0.1) is 0 Å². The Kier molecular flexibility index (Phi) is 2.91. The molecule has 1 aromatic rings. The van der Waals surface area contributed by atoms with E-state index in [1.54, 1.807) is 12.5 Å². The van der Waals surface area contributed by atoms with Gasteiger partial charge in [0.2, 0.25) is 0 Å². The molecule has 0 bridgehead atoms. The third-order valence-corrected chi connectivity index (χ3v) is 2.94. The van der Waals surface area contributed by atoms with Crippen LogP contribution in [0.15, 0.2) is 23.7 Å². The lowest BCUT2D eigenvalue weighted by Crippen LogP contribution is -2.25. The first-order valence-electron chi connectivity index (χ1n) is 4.40. The second-order valence-electron chi connectivity index (χ2n) is 3.09. The minimum atomic E-state index is -1.07. The van der Waals surface area contributed by atoms with Crippen molar-refractivity contribution in [3.63, 3.8) is 0 Å². The smallest absolute Gasteiger partial charge is 0.410 e. The topological polar surface area (TPSA) is 79.5 Å². The molecule has 1 aliphatic rings. The maximum absolute atomic E-state index is 10.4. The molecular formula is C8H10N4O2S. The summed E-state index contributed by atoms with van der Waals surface area (Å²) in [7, 11) is 0. The number of aromatic nitrogens is 2. The quantitative estimate of drug-likeness (QED) is 0.774. The number of nitrogens with zero attached hydrogens (tertiary/aromatic N) is 3. The Morgan fingerprint density at radius 1 is 1.80 bits per heavy atom. The number of imidazole rings is 1. The van der Waals surface area contributed by atoms with Crippen molar-refractivity contribution >= 4 is 23.0 Å². The van der Waals surface area contributed by atoms with E-state index < -0.39 is 6.09 Å². The van der Waals surface area contributed by atoms with Crippen LogP contribution in [-0.4, -0.2) is 37.7 Å². The van der Waals surface area contributed by atoms with Gasteiger partial charge in [-0.1, -0.05) is 11.8 Å². The number of rotatable bonds is 2. The largest absolute Gasteiger partial charge is 0.465 e. The standard InChI is InChI=1S/C8H10N4O2S/c13-8(14)11-7-10-6(4-15-7)3-12-2-1-9-5-12/h1-2,5-6H,3-4H2,(H,10,11)(H,13,14)/t6-/m0/s1. The molecule has 6 nitrogen and oxygen atoms in total. The Hall–Kier alpha value is -1.50. The summed E-state index contributed by atoms with van der Waals surface area (Å²) in [6, 6.07) is 0.117. The van der Waals surface area contributed by atoms with Crippen LogP contribution >= 0.6 is 11.8 Å². The second-order valence-corrected chi connectivity index (χ2v) is 4.10. The molecule has 0 aromatic carbocycles. The van der Waals surface area contributed by atoms with Crippen LogP contribution in [-0.2, 0) is 6.54 Å². The van der Waals surface area contributed by atoms with Crippen molar-refractivity contribution in [2.45, 2.75) is 12.6 Å². The summed E-state index contributed by atoms with van der Waals surface area (Å²) >= 11 is 1.42. The van der Waals surface area contributed by atoms with Gasteiger partial charge in [-0.05, 0) is 0 Å². The maximum atomic E-state index is 10.4. The zero-order valence-corrected chi connectivity index (χ0v) is 8.65. The number of nitrogens with one attached hydrogen (secondary N) is 1. The molecule has 0 spiro atoms. The van der Waals surface area contributed by atoms with Crippen molar-refractivity contribution in [1.29, 1.82) is 0 Å². The fourth-order valence-corrected chi connectivity index (χ4v) is 2.22.